The molecule has 2 aromatic carbocycles. The molecule has 1 N–H and O–H groups in total. The number of nitrogens with zero attached hydrogens (tertiary/aromatic N) is 1. The standard InChI is InChI=1S/C23H24N2O4/c1-28-19-9-10-21-17(13-19)12-18(22(26)24-21)14-25(15-20-8-5-11-29-20)23(27)16-6-3-2-4-7-16/h2-4,6-7,9-10,12-13,20H,5,8,11,14-15H2,1H3,(H,24,26). The van der Waals surface area contributed by atoms with Gasteiger partial charge in [0.15, 0.2) is 0 Å². The maximum absolute atomic E-state index is 13.2. The van der Waals surface area contributed by atoms with Gasteiger partial charge >= 0.3 is 0 Å². The zero-order valence-corrected chi connectivity index (χ0v) is 16.4. The largest absolute Gasteiger partial charge is 0.497 e. The number of pyridine rings is 1. The second-order valence-electron chi connectivity index (χ2n) is 7.26. The van der Waals surface area contributed by atoms with Crippen LogP contribution >= 0.6 is 0 Å². The van der Waals surface area contributed by atoms with Crippen LogP contribution in [0, 0.1) is 0 Å². The highest BCUT2D eigenvalue weighted by molar-refractivity contribution is 5.94. The number of amides is 1. The molecule has 0 aliphatic carbocycles. The molecular weight excluding hydrogens is 368 g/mol. The van der Waals surface area contributed by atoms with Crippen LogP contribution in [0.4, 0.5) is 0 Å². The molecule has 1 amide bonds. The minimum atomic E-state index is -0.194. The first kappa shape index (κ1) is 19.2. The first-order valence-corrected chi connectivity index (χ1v) is 9.80. The quantitative estimate of drug-likeness (QED) is 0.698. The highest BCUT2D eigenvalue weighted by Crippen LogP contribution is 2.21. The maximum atomic E-state index is 13.2. The highest BCUT2D eigenvalue weighted by Gasteiger charge is 2.24. The highest BCUT2D eigenvalue weighted by atomic mass is 16.5. The number of hydrogen-bond donors (Lipinski definition) is 1. The maximum Gasteiger partial charge on any atom is 0.254 e. The van der Waals surface area contributed by atoms with Crippen LogP contribution in [0.3, 0.4) is 0 Å². The molecule has 0 bridgehead atoms. The lowest BCUT2D eigenvalue weighted by Gasteiger charge is -2.25. The summed E-state index contributed by atoms with van der Waals surface area (Å²) < 4.78 is 11.0. The van der Waals surface area contributed by atoms with Crippen LogP contribution < -0.4 is 10.3 Å². The number of carbonyl (C=O) groups excluding carboxylic acids is 1. The van der Waals surface area contributed by atoms with Gasteiger partial charge in [0.25, 0.3) is 11.5 Å². The number of aromatic nitrogens is 1. The fraction of sp³-hybridized carbons (Fsp3) is 0.304. The number of benzene rings is 2. The van der Waals surface area contributed by atoms with Crippen molar-refractivity contribution < 1.29 is 14.3 Å². The average molecular weight is 392 g/mol. The number of methoxy groups -OCH3 is 1. The Morgan fingerprint density at radius 2 is 2.03 bits per heavy atom. The van der Waals surface area contributed by atoms with E-state index in [1.165, 1.54) is 0 Å². The lowest BCUT2D eigenvalue weighted by atomic mass is 10.1. The summed E-state index contributed by atoms with van der Waals surface area (Å²) in [6.45, 7) is 1.40. The molecule has 6 nitrogen and oxygen atoms in total. The molecule has 1 aliphatic heterocycles. The van der Waals surface area contributed by atoms with Gasteiger partial charge in [-0.25, -0.2) is 0 Å². The Kier molecular flexibility index (Phi) is 5.62. The predicted molar refractivity (Wildman–Crippen MR) is 111 cm³/mol. The monoisotopic (exact) mass is 392 g/mol. The topological polar surface area (TPSA) is 71.6 Å². The first-order chi connectivity index (χ1) is 14.1. The third-order valence-corrected chi connectivity index (χ3v) is 5.25. The van der Waals surface area contributed by atoms with Gasteiger partial charge in [-0.2, -0.15) is 0 Å². The molecule has 1 unspecified atom stereocenters. The van der Waals surface area contributed by atoms with Crippen molar-refractivity contribution in [2.75, 3.05) is 20.3 Å². The second-order valence-corrected chi connectivity index (χ2v) is 7.26. The number of ether oxygens (including phenoxy) is 2. The van der Waals surface area contributed by atoms with Crippen molar-refractivity contribution in [2.45, 2.75) is 25.5 Å². The molecule has 1 aromatic heterocycles. The Bertz CT molecular complexity index is 1060. The van der Waals surface area contributed by atoms with E-state index in [2.05, 4.69) is 4.98 Å². The second kappa shape index (κ2) is 8.49. The number of fused-ring (bicyclic) bond motifs is 1. The molecule has 0 saturated carbocycles. The van der Waals surface area contributed by atoms with Gasteiger partial charge in [-0.1, -0.05) is 18.2 Å². The minimum absolute atomic E-state index is 0.00212. The van der Waals surface area contributed by atoms with Gasteiger partial charge in [-0.15, -0.1) is 0 Å². The third-order valence-electron chi connectivity index (χ3n) is 5.25. The molecule has 150 valence electrons. The summed E-state index contributed by atoms with van der Waals surface area (Å²) in [5.74, 6) is 0.610. The summed E-state index contributed by atoms with van der Waals surface area (Å²) in [6, 6.07) is 16.5. The molecule has 1 saturated heterocycles. The van der Waals surface area contributed by atoms with Gasteiger partial charge in [0.05, 0.1) is 19.8 Å². The first-order valence-electron chi connectivity index (χ1n) is 9.80. The summed E-state index contributed by atoms with van der Waals surface area (Å²) in [5.41, 5.74) is 1.68. The fourth-order valence-corrected chi connectivity index (χ4v) is 3.70. The molecule has 1 atom stereocenters. The van der Waals surface area contributed by atoms with Crippen LogP contribution in [0.2, 0.25) is 0 Å². The van der Waals surface area contributed by atoms with Crippen LogP contribution in [-0.4, -0.2) is 42.2 Å². The Hall–Kier alpha value is -3.12. The van der Waals surface area contributed by atoms with E-state index in [0.29, 0.717) is 30.0 Å². The van der Waals surface area contributed by atoms with E-state index in [-0.39, 0.29) is 24.1 Å². The van der Waals surface area contributed by atoms with Crippen LogP contribution in [-0.2, 0) is 11.3 Å². The van der Waals surface area contributed by atoms with Gasteiger partial charge in [-0.05, 0) is 49.2 Å². The predicted octanol–water partition coefficient (Wildman–Crippen LogP) is 3.36. The lowest BCUT2D eigenvalue weighted by molar-refractivity contribution is 0.0506. The summed E-state index contributed by atoms with van der Waals surface area (Å²) in [6.07, 6.45) is 1.92. The van der Waals surface area contributed by atoms with E-state index < -0.39 is 0 Å². The zero-order chi connectivity index (χ0) is 20.2. The zero-order valence-electron chi connectivity index (χ0n) is 16.4. The van der Waals surface area contributed by atoms with Gasteiger partial charge < -0.3 is 19.4 Å². The Balaban J connectivity index is 1.66. The Morgan fingerprint density at radius 3 is 2.76 bits per heavy atom. The Morgan fingerprint density at radius 1 is 1.21 bits per heavy atom. The van der Waals surface area contributed by atoms with E-state index in [4.69, 9.17) is 9.47 Å². The molecule has 4 rings (SSSR count). The number of nitrogens with one attached hydrogen (secondary N) is 1. The van der Waals surface area contributed by atoms with E-state index in [1.807, 2.05) is 36.4 Å². The molecule has 29 heavy (non-hydrogen) atoms. The Labute approximate surface area is 169 Å². The number of aromatic amines is 1. The van der Waals surface area contributed by atoms with Crippen LogP contribution in [0.5, 0.6) is 5.75 Å². The van der Waals surface area contributed by atoms with Gasteiger partial charge in [-0.3, -0.25) is 9.59 Å². The molecule has 6 heteroatoms. The van der Waals surface area contributed by atoms with Crippen molar-refractivity contribution in [1.82, 2.24) is 9.88 Å². The number of rotatable bonds is 6. The van der Waals surface area contributed by atoms with Crippen molar-refractivity contribution in [1.29, 1.82) is 0 Å². The lowest BCUT2D eigenvalue weighted by Crippen LogP contribution is -2.38. The average Bonchev–Trinajstić information content (AvgIpc) is 3.26. The molecule has 2 heterocycles. The summed E-state index contributed by atoms with van der Waals surface area (Å²) in [7, 11) is 1.61. The van der Waals surface area contributed by atoms with Crippen LogP contribution in [0.25, 0.3) is 10.9 Å². The number of hydrogen-bond acceptors (Lipinski definition) is 4. The van der Waals surface area contributed by atoms with E-state index in [9.17, 15) is 9.59 Å². The summed E-state index contributed by atoms with van der Waals surface area (Å²) >= 11 is 0. The van der Waals surface area contributed by atoms with Crippen molar-refractivity contribution >= 4 is 16.8 Å². The normalized spacial score (nSPS) is 16.1. The van der Waals surface area contributed by atoms with Crippen molar-refractivity contribution in [2.24, 2.45) is 0 Å². The SMILES string of the molecule is COc1ccc2[nH]c(=O)c(CN(CC3CCCO3)C(=O)c3ccccc3)cc2c1. The summed E-state index contributed by atoms with van der Waals surface area (Å²) in [5, 5.41) is 0.864. The number of H-pyrrole nitrogens is 1. The van der Waals surface area contributed by atoms with Gasteiger partial charge in [0.2, 0.25) is 0 Å². The van der Waals surface area contributed by atoms with Crippen molar-refractivity contribution in [3.63, 3.8) is 0 Å². The van der Waals surface area contributed by atoms with Crippen LogP contribution in [0.1, 0.15) is 28.8 Å². The van der Waals surface area contributed by atoms with Crippen molar-refractivity contribution in [3.05, 3.63) is 76.1 Å². The molecule has 1 aliphatic rings. The van der Waals surface area contributed by atoms with Crippen molar-refractivity contribution in [3.8, 4) is 5.75 Å². The smallest absolute Gasteiger partial charge is 0.254 e. The molecule has 0 radical (unpaired) electrons. The molecule has 3 aromatic rings. The van der Waals surface area contributed by atoms with E-state index in [0.717, 1.165) is 23.7 Å². The summed E-state index contributed by atoms with van der Waals surface area (Å²) in [4.78, 5) is 30.4. The van der Waals surface area contributed by atoms with E-state index >= 15 is 0 Å². The van der Waals surface area contributed by atoms with Gasteiger partial charge in [0, 0.05) is 35.2 Å². The van der Waals surface area contributed by atoms with Crippen LogP contribution in [0.15, 0.2) is 59.4 Å². The minimum Gasteiger partial charge on any atom is -0.497 e. The molecule has 1 fully saturated rings. The molecular formula is C23H24N2O4. The van der Waals surface area contributed by atoms with Gasteiger partial charge in [0.1, 0.15) is 5.75 Å². The third kappa shape index (κ3) is 4.32. The van der Waals surface area contributed by atoms with E-state index in [1.54, 1.807) is 30.2 Å². The molecule has 0 spiro atoms. The fourth-order valence-electron chi connectivity index (χ4n) is 3.70. The number of carbonyl (C=O) groups is 1.